The number of hydrogen-bond donors (Lipinski definition) is 2. The van der Waals surface area contributed by atoms with Gasteiger partial charge >= 0.3 is 0 Å². The lowest BCUT2D eigenvalue weighted by Gasteiger charge is -2.37. The molecule has 1 saturated heterocycles. The summed E-state index contributed by atoms with van der Waals surface area (Å²) in [5, 5.41) is 3.60. The quantitative estimate of drug-likeness (QED) is 0.817. The van der Waals surface area contributed by atoms with E-state index in [9.17, 15) is 4.79 Å². The van der Waals surface area contributed by atoms with Gasteiger partial charge < -0.3 is 25.4 Å². The first kappa shape index (κ1) is 16.9. The Hall–Kier alpha value is -1.50. The molecule has 122 valence electrons. The number of benzene rings is 1. The number of halogens is 1. The zero-order valence-electron chi connectivity index (χ0n) is 13.1. The number of likely N-dealkylation sites (N-methyl/N-ethyl adjacent to an activating group) is 1. The molecule has 2 unspecified atom stereocenters. The van der Waals surface area contributed by atoms with Crippen molar-refractivity contribution < 1.29 is 14.3 Å². The molecule has 2 atom stereocenters. The van der Waals surface area contributed by atoms with Crippen molar-refractivity contribution in [3.05, 3.63) is 22.7 Å². The van der Waals surface area contributed by atoms with Gasteiger partial charge in [0.05, 0.1) is 35.5 Å². The van der Waals surface area contributed by atoms with Crippen LogP contribution in [0.3, 0.4) is 0 Å². The number of nitrogens with zero attached hydrogens (tertiary/aromatic N) is 1. The molecule has 0 saturated carbocycles. The molecule has 1 aliphatic heterocycles. The summed E-state index contributed by atoms with van der Waals surface area (Å²) in [6.07, 6.45) is 0.782. The Kier molecular flexibility index (Phi) is 5.50. The van der Waals surface area contributed by atoms with Gasteiger partial charge in [-0.25, -0.2) is 0 Å². The van der Waals surface area contributed by atoms with Gasteiger partial charge in [-0.3, -0.25) is 4.79 Å². The lowest BCUT2D eigenvalue weighted by atomic mass is 10.0. The van der Waals surface area contributed by atoms with E-state index in [1.165, 1.54) is 7.11 Å². The molecule has 1 amide bonds. The minimum atomic E-state index is -0.160. The average Bonchev–Trinajstić information content (AvgIpc) is 2.55. The Bertz CT molecular complexity index is 553. The average molecular weight is 328 g/mol. The number of carbonyl (C=O) groups excluding carboxylic acids is 1. The number of anilines is 1. The van der Waals surface area contributed by atoms with Crippen LogP contribution < -0.4 is 15.8 Å². The molecule has 22 heavy (non-hydrogen) atoms. The van der Waals surface area contributed by atoms with Crippen molar-refractivity contribution in [1.29, 1.82) is 0 Å². The summed E-state index contributed by atoms with van der Waals surface area (Å²) in [6.45, 7) is 1.57. The molecule has 2 rings (SSSR count). The lowest BCUT2D eigenvalue weighted by molar-refractivity contribution is 0.00836. The molecule has 0 aliphatic carbocycles. The maximum atomic E-state index is 12.8. The number of nitrogens with one attached hydrogen (secondary N) is 1. The minimum absolute atomic E-state index is 0.000199. The molecule has 1 aromatic rings. The standard InChI is InChI=1S/C15H22ClN3O3/c1-19(12-4-5-18-8-14(12)22-3)15(20)9-6-10(16)11(17)7-13(9)21-2/h6-7,12,14,18H,4-5,8,17H2,1-3H3. The predicted octanol–water partition coefficient (Wildman–Crippen LogP) is 1.38. The Labute approximate surface area is 135 Å². The summed E-state index contributed by atoms with van der Waals surface area (Å²) in [7, 11) is 4.93. The van der Waals surface area contributed by atoms with Crippen molar-refractivity contribution in [3.63, 3.8) is 0 Å². The van der Waals surface area contributed by atoms with Crippen molar-refractivity contribution in [2.24, 2.45) is 0 Å². The summed E-state index contributed by atoms with van der Waals surface area (Å²) < 4.78 is 10.7. The zero-order chi connectivity index (χ0) is 16.3. The fraction of sp³-hybridized carbons (Fsp3) is 0.533. The second kappa shape index (κ2) is 7.17. The first-order valence-electron chi connectivity index (χ1n) is 7.13. The van der Waals surface area contributed by atoms with Crippen LogP contribution in [0.1, 0.15) is 16.8 Å². The number of nitrogen functional groups attached to an aromatic ring is 1. The molecular formula is C15H22ClN3O3. The van der Waals surface area contributed by atoms with Gasteiger partial charge in [0.15, 0.2) is 0 Å². The van der Waals surface area contributed by atoms with E-state index in [1.54, 1.807) is 31.2 Å². The third-order valence-electron chi connectivity index (χ3n) is 4.06. The smallest absolute Gasteiger partial charge is 0.257 e. The predicted molar refractivity (Wildman–Crippen MR) is 86.6 cm³/mol. The molecule has 1 heterocycles. The number of nitrogens with two attached hydrogens (primary N) is 1. The highest BCUT2D eigenvalue weighted by Gasteiger charge is 2.32. The normalized spacial score (nSPS) is 21.5. The number of amides is 1. The van der Waals surface area contributed by atoms with Gasteiger partial charge in [-0.1, -0.05) is 11.6 Å². The van der Waals surface area contributed by atoms with Crippen molar-refractivity contribution in [3.8, 4) is 5.75 Å². The van der Waals surface area contributed by atoms with Crippen LogP contribution in [0.15, 0.2) is 12.1 Å². The SMILES string of the molecule is COc1cc(N)c(Cl)cc1C(=O)N(C)C1CCNCC1OC. The van der Waals surface area contributed by atoms with Crippen molar-refractivity contribution in [2.45, 2.75) is 18.6 Å². The van der Waals surface area contributed by atoms with Crippen molar-refractivity contribution >= 4 is 23.2 Å². The molecule has 6 nitrogen and oxygen atoms in total. The van der Waals surface area contributed by atoms with E-state index in [0.29, 0.717) is 22.0 Å². The van der Waals surface area contributed by atoms with Crippen LogP contribution in [0.25, 0.3) is 0 Å². The van der Waals surface area contributed by atoms with Crippen molar-refractivity contribution in [1.82, 2.24) is 10.2 Å². The summed E-state index contributed by atoms with van der Waals surface area (Å²) >= 11 is 6.05. The Balaban J connectivity index is 2.28. The molecule has 3 N–H and O–H groups in total. The van der Waals surface area contributed by atoms with E-state index >= 15 is 0 Å². The molecule has 1 fully saturated rings. The van der Waals surface area contributed by atoms with Crippen LogP contribution in [0, 0.1) is 0 Å². The Morgan fingerprint density at radius 1 is 1.45 bits per heavy atom. The summed E-state index contributed by atoms with van der Waals surface area (Å²) in [4.78, 5) is 14.5. The van der Waals surface area contributed by atoms with E-state index in [1.807, 2.05) is 0 Å². The van der Waals surface area contributed by atoms with Gasteiger partial charge in [0.1, 0.15) is 5.75 Å². The number of hydrogen-bond acceptors (Lipinski definition) is 5. The molecule has 7 heteroatoms. The maximum Gasteiger partial charge on any atom is 0.257 e. The minimum Gasteiger partial charge on any atom is -0.496 e. The number of methoxy groups -OCH3 is 2. The van der Waals surface area contributed by atoms with Crippen LogP contribution in [0.5, 0.6) is 5.75 Å². The van der Waals surface area contributed by atoms with Crippen LogP contribution in [0.2, 0.25) is 5.02 Å². The first-order valence-corrected chi connectivity index (χ1v) is 7.51. The molecular weight excluding hydrogens is 306 g/mol. The molecule has 0 aromatic heterocycles. The Morgan fingerprint density at radius 3 is 2.82 bits per heavy atom. The number of carbonyl (C=O) groups is 1. The molecule has 1 aliphatic rings. The van der Waals surface area contributed by atoms with E-state index in [2.05, 4.69) is 5.32 Å². The summed E-state index contributed by atoms with van der Waals surface area (Å²) in [5.74, 6) is 0.259. The topological polar surface area (TPSA) is 76.8 Å². The van der Waals surface area contributed by atoms with Gasteiger partial charge in [-0.2, -0.15) is 0 Å². The van der Waals surface area contributed by atoms with E-state index in [0.717, 1.165) is 19.5 Å². The maximum absolute atomic E-state index is 12.8. The monoisotopic (exact) mass is 327 g/mol. The van der Waals surface area contributed by atoms with E-state index in [-0.39, 0.29) is 18.1 Å². The van der Waals surface area contributed by atoms with Gasteiger partial charge in [-0.05, 0) is 19.0 Å². The third kappa shape index (κ3) is 3.29. The first-order chi connectivity index (χ1) is 10.5. The lowest BCUT2D eigenvalue weighted by Crippen LogP contribution is -2.54. The molecule has 0 bridgehead atoms. The van der Waals surface area contributed by atoms with E-state index < -0.39 is 0 Å². The largest absolute Gasteiger partial charge is 0.496 e. The number of piperidine rings is 1. The third-order valence-corrected chi connectivity index (χ3v) is 4.39. The van der Waals surface area contributed by atoms with Crippen LogP contribution in [-0.4, -0.2) is 57.3 Å². The fourth-order valence-corrected chi connectivity index (χ4v) is 2.91. The van der Waals surface area contributed by atoms with E-state index in [4.69, 9.17) is 26.8 Å². The Morgan fingerprint density at radius 2 is 2.18 bits per heavy atom. The number of rotatable bonds is 4. The van der Waals surface area contributed by atoms with Gasteiger partial charge in [0, 0.05) is 26.8 Å². The number of ether oxygens (including phenoxy) is 2. The molecule has 0 radical (unpaired) electrons. The molecule has 0 spiro atoms. The highest BCUT2D eigenvalue weighted by molar-refractivity contribution is 6.33. The fourth-order valence-electron chi connectivity index (χ4n) is 2.75. The highest BCUT2D eigenvalue weighted by atomic mass is 35.5. The van der Waals surface area contributed by atoms with Crippen LogP contribution >= 0.6 is 11.6 Å². The van der Waals surface area contributed by atoms with Crippen LogP contribution in [-0.2, 0) is 4.74 Å². The van der Waals surface area contributed by atoms with Crippen LogP contribution in [0.4, 0.5) is 5.69 Å². The highest BCUT2D eigenvalue weighted by Crippen LogP contribution is 2.30. The van der Waals surface area contributed by atoms with Crippen molar-refractivity contribution in [2.75, 3.05) is 40.1 Å². The molecule has 1 aromatic carbocycles. The second-order valence-electron chi connectivity index (χ2n) is 5.32. The second-order valence-corrected chi connectivity index (χ2v) is 5.73. The summed E-state index contributed by atoms with van der Waals surface area (Å²) in [5.41, 5.74) is 6.55. The summed E-state index contributed by atoms with van der Waals surface area (Å²) in [6, 6.07) is 3.12. The zero-order valence-corrected chi connectivity index (χ0v) is 13.8. The van der Waals surface area contributed by atoms with Gasteiger partial charge in [0.25, 0.3) is 5.91 Å². The van der Waals surface area contributed by atoms with Gasteiger partial charge in [0.2, 0.25) is 0 Å². The van der Waals surface area contributed by atoms with Gasteiger partial charge in [-0.15, -0.1) is 0 Å².